The second-order valence-electron chi connectivity index (χ2n) is 13.1. The molecule has 0 aromatic heterocycles. The molecule has 1 aromatic rings. The average molecular weight is 671 g/mol. The van der Waals surface area contributed by atoms with Crippen LogP contribution in [0.4, 0.5) is 14.4 Å². The molecule has 0 bridgehead atoms. The van der Waals surface area contributed by atoms with Gasteiger partial charge in [0.1, 0.15) is 0 Å². The predicted molar refractivity (Wildman–Crippen MR) is 180 cm³/mol. The van der Waals surface area contributed by atoms with Gasteiger partial charge in [-0.15, -0.1) is 0 Å². The summed E-state index contributed by atoms with van der Waals surface area (Å²) < 4.78 is 16.7. The number of methoxy groups -OCH3 is 1. The molecule has 0 aliphatic carbocycles. The number of urea groups is 1. The largest absolute Gasteiger partial charge is 0.465 e. The molecule has 45 heavy (non-hydrogen) atoms. The molecule has 4 amide bonds. The molecule has 1 fully saturated rings. The number of nitrogens with zero attached hydrogens (tertiary/aromatic N) is 2. The maximum Gasteiger partial charge on any atom is 0.407 e. The molecule has 1 heterocycles. The van der Waals surface area contributed by atoms with E-state index in [9.17, 15) is 19.5 Å². The van der Waals surface area contributed by atoms with Crippen LogP contribution in [0, 0.1) is 11.8 Å². The van der Waals surface area contributed by atoms with Crippen LogP contribution in [-0.4, -0.2) is 107 Å². The van der Waals surface area contributed by atoms with Gasteiger partial charge in [-0.3, -0.25) is 0 Å². The van der Waals surface area contributed by atoms with E-state index < -0.39 is 20.3 Å². The maximum atomic E-state index is 14.0. The first-order valence-corrected chi connectivity index (χ1v) is 20.2. The smallest absolute Gasteiger partial charge is 0.407 e. The van der Waals surface area contributed by atoms with Gasteiger partial charge in [-0.2, -0.15) is 0 Å². The highest BCUT2D eigenvalue weighted by Gasteiger charge is 2.35. The molecule has 1 saturated heterocycles. The summed E-state index contributed by atoms with van der Waals surface area (Å²) in [5.74, 6) is 0.345. The van der Waals surface area contributed by atoms with Gasteiger partial charge >= 0.3 is 18.2 Å². The van der Waals surface area contributed by atoms with Crippen molar-refractivity contribution in [2.75, 3.05) is 60.2 Å². The van der Waals surface area contributed by atoms with Crippen LogP contribution in [0.3, 0.4) is 0 Å². The highest BCUT2D eigenvalue weighted by Crippen LogP contribution is 2.32. The molecule has 0 radical (unpaired) electrons. The summed E-state index contributed by atoms with van der Waals surface area (Å²) in [6.07, 6.45) is 2.22. The van der Waals surface area contributed by atoms with Crippen LogP contribution in [0.5, 0.6) is 0 Å². The summed E-state index contributed by atoms with van der Waals surface area (Å²) in [5.41, 5.74) is 0.877. The number of ether oxygens (including phenoxy) is 3. The third kappa shape index (κ3) is 14.6. The molecule has 13 heteroatoms. The van der Waals surface area contributed by atoms with E-state index in [-0.39, 0.29) is 49.7 Å². The van der Waals surface area contributed by atoms with E-state index in [0.717, 1.165) is 43.9 Å². The second kappa shape index (κ2) is 19.9. The molecule has 2 rings (SSSR count). The average Bonchev–Trinajstić information content (AvgIpc) is 2.99. The number of hydrogen-bond acceptors (Lipinski definition) is 6. The molecule has 0 saturated carbocycles. The van der Waals surface area contributed by atoms with Gasteiger partial charge in [0.15, 0.2) is 0 Å². The number of carbonyl (C=O) groups is 3. The van der Waals surface area contributed by atoms with Crippen molar-refractivity contribution in [1.29, 1.82) is 0 Å². The van der Waals surface area contributed by atoms with Crippen molar-refractivity contribution in [1.82, 2.24) is 20.4 Å². The lowest BCUT2D eigenvalue weighted by Crippen LogP contribution is -2.54. The molecular weight excluding hydrogens is 616 g/mol. The Labute approximate surface area is 275 Å². The standard InChI is InChI=1S/C32H55ClN4O7Si/c1-7-16-37(17-13-29(24-10-8-12-26(33)21-24)44-19-15-34-31(39)42-3)30(38)35-28(22-36(2)32(40)41)27(14-20-45(4,5)6)25-11-9-18-43-23-25/h8,10,12,21,25,27-29H,7,9,11,13-20,22-23H2,1-6H3,(H,34,39)(H,35,38)(H,40,41)/t25-,27?,28+,29?/m0/s1. The third-order valence-corrected chi connectivity index (χ3v) is 10.2. The van der Waals surface area contributed by atoms with E-state index in [4.69, 9.17) is 21.1 Å². The lowest BCUT2D eigenvalue weighted by molar-refractivity contribution is 0.0180. The zero-order chi connectivity index (χ0) is 33.4. The van der Waals surface area contributed by atoms with Crippen LogP contribution in [0.15, 0.2) is 24.3 Å². The number of amides is 4. The van der Waals surface area contributed by atoms with Gasteiger partial charge in [0.2, 0.25) is 0 Å². The lowest BCUT2D eigenvalue weighted by Gasteiger charge is -2.39. The highest BCUT2D eigenvalue weighted by molar-refractivity contribution is 6.76. The molecule has 3 N–H and O–H groups in total. The fourth-order valence-corrected chi connectivity index (χ4v) is 7.12. The van der Waals surface area contributed by atoms with Gasteiger partial charge in [-0.1, -0.05) is 62.8 Å². The first kappa shape index (κ1) is 38.6. The molecule has 0 spiro atoms. The van der Waals surface area contributed by atoms with Crippen molar-refractivity contribution >= 4 is 37.9 Å². The topological polar surface area (TPSA) is 130 Å². The molecule has 1 aliphatic heterocycles. The van der Waals surface area contributed by atoms with E-state index in [1.54, 1.807) is 18.0 Å². The van der Waals surface area contributed by atoms with Crippen LogP contribution in [-0.2, 0) is 14.2 Å². The normalized spacial score (nSPS) is 17.1. The number of carbonyl (C=O) groups excluding carboxylic acids is 2. The fraction of sp³-hybridized carbons (Fsp3) is 0.719. The Morgan fingerprint density at radius 1 is 1.20 bits per heavy atom. The Kier molecular flexibility index (Phi) is 17.0. The van der Waals surface area contributed by atoms with E-state index in [1.165, 1.54) is 12.0 Å². The van der Waals surface area contributed by atoms with Crippen LogP contribution < -0.4 is 10.6 Å². The van der Waals surface area contributed by atoms with E-state index in [1.807, 2.05) is 25.1 Å². The minimum absolute atomic E-state index is 0.0936. The number of likely N-dealkylation sites (N-methyl/N-ethyl adjacent to an activating group) is 1. The number of carboxylic acid groups (broad SMARTS) is 1. The Hall–Kier alpha value is -2.54. The summed E-state index contributed by atoms with van der Waals surface area (Å²) in [6, 6.07) is 7.94. The van der Waals surface area contributed by atoms with Crippen molar-refractivity contribution in [3.05, 3.63) is 34.9 Å². The fourth-order valence-electron chi connectivity index (χ4n) is 5.72. The van der Waals surface area contributed by atoms with Crippen LogP contribution in [0.1, 0.15) is 50.7 Å². The van der Waals surface area contributed by atoms with Crippen LogP contribution >= 0.6 is 11.6 Å². The Morgan fingerprint density at radius 2 is 1.96 bits per heavy atom. The number of hydrogen-bond donors (Lipinski definition) is 3. The van der Waals surface area contributed by atoms with Crippen molar-refractivity contribution in [3.63, 3.8) is 0 Å². The monoisotopic (exact) mass is 670 g/mol. The van der Waals surface area contributed by atoms with Crippen molar-refractivity contribution in [2.45, 2.75) is 76.9 Å². The molecule has 11 nitrogen and oxygen atoms in total. The quantitative estimate of drug-likeness (QED) is 0.123. The molecule has 1 aliphatic rings. The summed E-state index contributed by atoms with van der Waals surface area (Å²) >= 11 is 6.29. The summed E-state index contributed by atoms with van der Waals surface area (Å²) in [6.45, 7) is 12.1. The summed E-state index contributed by atoms with van der Waals surface area (Å²) in [5, 5.41) is 16.2. The van der Waals surface area contributed by atoms with E-state index in [0.29, 0.717) is 31.1 Å². The molecular formula is C32H55ClN4O7Si. The second-order valence-corrected chi connectivity index (χ2v) is 19.1. The summed E-state index contributed by atoms with van der Waals surface area (Å²) in [7, 11) is 1.46. The number of benzene rings is 1. The zero-order valence-corrected chi connectivity index (χ0v) is 29.7. The molecule has 1 aromatic carbocycles. The SMILES string of the molecule is CCCN(CCC(OCCNC(=O)OC)c1cccc(Cl)c1)C(=O)N[C@H](CN(C)C(=O)O)C(CC[Si](C)(C)C)[C@H]1CCCOC1. The van der Waals surface area contributed by atoms with Gasteiger partial charge < -0.3 is 39.8 Å². The molecule has 256 valence electrons. The van der Waals surface area contributed by atoms with Gasteiger partial charge in [0.25, 0.3) is 0 Å². The van der Waals surface area contributed by atoms with Gasteiger partial charge in [0, 0.05) is 59.5 Å². The molecule has 4 atom stereocenters. The first-order valence-electron chi connectivity index (χ1n) is 16.1. The Morgan fingerprint density at radius 3 is 2.56 bits per heavy atom. The third-order valence-electron chi connectivity index (χ3n) is 8.19. The lowest BCUT2D eigenvalue weighted by atomic mass is 9.80. The van der Waals surface area contributed by atoms with Gasteiger partial charge in [-0.25, -0.2) is 14.4 Å². The maximum absolute atomic E-state index is 14.0. The van der Waals surface area contributed by atoms with Crippen LogP contribution in [0.25, 0.3) is 0 Å². The van der Waals surface area contributed by atoms with Crippen molar-refractivity contribution < 1.29 is 33.7 Å². The van der Waals surface area contributed by atoms with E-state index in [2.05, 4.69) is 35.0 Å². The minimum Gasteiger partial charge on any atom is -0.465 e. The number of halogens is 1. The first-order chi connectivity index (χ1) is 21.3. The number of nitrogens with one attached hydrogen (secondary N) is 2. The van der Waals surface area contributed by atoms with Crippen molar-refractivity contribution in [3.8, 4) is 0 Å². The van der Waals surface area contributed by atoms with Gasteiger partial charge in [-0.05, 0) is 55.2 Å². The van der Waals surface area contributed by atoms with Crippen molar-refractivity contribution in [2.24, 2.45) is 11.8 Å². The zero-order valence-electron chi connectivity index (χ0n) is 28.0. The summed E-state index contributed by atoms with van der Waals surface area (Å²) in [4.78, 5) is 40.4. The van der Waals surface area contributed by atoms with Crippen LogP contribution in [0.2, 0.25) is 30.7 Å². The van der Waals surface area contributed by atoms with E-state index >= 15 is 0 Å². The Balaban J connectivity index is 2.25. The molecule has 2 unspecified atom stereocenters. The predicted octanol–water partition coefficient (Wildman–Crippen LogP) is 6.31. The number of alkyl carbamates (subject to hydrolysis) is 1. The van der Waals surface area contributed by atoms with Gasteiger partial charge in [0.05, 0.1) is 25.9 Å². The Bertz CT molecular complexity index is 1050. The minimum atomic E-state index is -1.40. The number of rotatable bonds is 18. The highest BCUT2D eigenvalue weighted by atomic mass is 35.5.